The summed E-state index contributed by atoms with van der Waals surface area (Å²) in [4.78, 5) is 40.9. The molecule has 9 rings (SSSR count). The fraction of sp³-hybridized carbons (Fsp3) is 0.532. The van der Waals surface area contributed by atoms with E-state index in [4.69, 9.17) is 5.73 Å². The molecule has 0 spiro atoms. The van der Waals surface area contributed by atoms with Crippen LogP contribution < -0.4 is 5.73 Å². The molecule has 0 aliphatic carbocycles. The zero-order chi connectivity index (χ0) is 43.7. The van der Waals surface area contributed by atoms with Crippen LogP contribution in [-0.4, -0.2) is 115 Å². The van der Waals surface area contributed by atoms with Crippen LogP contribution in [0, 0.1) is 24.7 Å². The summed E-state index contributed by atoms with van der Waals surface area (Å²) in [5.74, 6) is 7.38. The molecule has 5 aliphatic rings. The van der Waals surface area contributed by atoms with Crippen molar-refractivity contribution in [2.24, 2.45) is 16.8 Å². The van der Waals surface area contributed by atoms with Crippen molar-refractivity contribution in [3.05, 3.63) is 88.1 Å². The van der Waals surface area contributed by atoms with Gasteiger partial charge in [0.1, 0.15) is 5.84 Å². The molecule has 2 aromatic heterocycles. The van der Waals surface area contributed by atoms with Crippen LogP contribution in [0.5, 0.6) is 0 Å². The number of likely N-dealkylation sites (tertiary alicyclic amines) is 4. The normalized spacial score (nSPS) is 21.5. The maximum atomic E-state index is 14.0. The maximum Gasteiger partial charge on any atom is 0.453 e. The number of thiazole rings is 1. The van der Waals surface area contributed by atoms with E-state index < -0.39 is 12.0 Å². The number of alkyl halides is 3. The molecule has 0 saturated carbocycles. The number of hydrogen-bond acceptors (Lipinski definition) is 10. The molecule has 4 saturated heterocycles. The summed E-state index contributed by atoms with van der Waals surface area (Å²) in [5.41, 5.74) is 13.1. The quantitative estimate of drug-likeness (QED) is 0.191. The summed E-state index contributed by atoms with van der Waals surface area (Å²) in [7, 11) is 0. The minimum Gasteiger partial charge on any atom is -0.368 e. The number of aromatic nitrogens is 4. The van der Waals surface area contributed by atoms with Crippen molar-refractivity contribution in [2.45, 2.75) is 108 Å². The SMILES string of the molecule is Cc1ncsc1-c1ccc([C@H](CC(=O)N2CCC(N3CCC(C#Cc4ccc(C5CCN(C6=Nn7c(nnc7C(F)(F)F)CC6)CC5)cc4)CC3)CC2)N2CCCC2C(N)=O)cc1. The molecular formula is C47H55F3N10O2S. The molecule has 2 amide bonds. The van der Waals surface area contributed by atoms with Gasteiger partial charge in [0.15, 0.2) is 5.82 Å². The molecule has 2 N–H and O–H groups in total. The highest BCUT2D eigenvalue weighted by Gasteiger charge is 2.41. The Morgan fingerprint density at radius 1 is 0.873 bits per heavy atom. The molecule has 332 valence electrons. The minimum atomic E-state index is -4.60. The molecule has 63 heavy (non-hydrogen) atoms. The zero-order valence-electron chi connectivity index (χ0n) is 35.8. The smallest absolute Gasteiger partial charge is 0.368 e. The lowest BCUT2D eigenvalue weighted by atomic mass is 9.88. The summed E-state index contributed by atoms with van der Waals surface area (Å²) in [6, 6.07) is 16.9. The van der Waals surface area contributed by atoms with Crippen molar-refractivity contribution in [2.75, 3.05) is 45.8 Å². The van der Waals surface area contributed by atoms with Gasteiger partial charge in [-0.25, -0.2) is 4.98 Å². The summed E-state index contributed by atoms with van der Waals surface area (Å²) in [6.07, 6.45) is 4.06. The highest BCUT2D eigenvalue weighted by Crippen LogP contribution is 2.36. The van der Waals surface area contributed by atoms with Gasteiger partial charge in [-0.05, 0) is 113 Å². The third-order valence-corrected chi connectivity index (χ3v) is 14.9. The van der Waals surface area contributed by atoms with Crippen molar-refractivity contribution in [3.8, 4) is 22.3 Å². The molecule has 5 aliphatic heterocycles. The first-order valence-electron chi connectivity index (χ1n) is 22.5. The van der Waals surface area contributed by atoms with Gasteiger partial charge in [0.05, 0.1) is 22.1 Å². The Bertz CT molecular complexity index is 2340. The lowest BCUT2D eigenvalue weighted by molar-refractivity contribution is -0.147. The molecule has 2 atom stereocenters. The number of nitrogens with two attached hydrogens (primary N) is 1. The zero-order valence-corrected chi connectivity index (χ0v) is 36.6. The number of fused-ring (bicyclic) bond motifs is 1. The minimum absolute atomic E-state index is 0.134. The van der Waals surface area contributed by atoms with Crippen LogP contribution in [0.2, 0.25) is 0 Å². The van der Waals surface area contributed by atoms with E-state index >= 15 is 0 Å². The predicted molar refractivity (Wildman–Crippen MR) is 236 cm³/mol. The fourth-order valence-corrected chi connectivity index (χ4v) is 11.2. The lowest BCUT2D eigenvalue weighted by Crippen LogP contribution is -2.49. The second-order valence-corrected chi connectivity index (χ2v) is 18.6. The molecule has 4 aromatic rings. The van der Waals surface area contributed by atoms with Crippen LogP contribution in [0.4, 0.5) is 13.2 Å². The Morgan fingerprint density at radius 2 is 1.60 bits per heavy atom. The van der Waals surface area contributed by atoms with E-state index in [0.717, 1.165) is 129 Å². The highest BCUT2D eigenvalue weighted by atomic mass is 32.1. The number of amidine groups is 1. The van der Waals surface area contributed by atoms with Crippen molar-refractivity contribution >= 4 is 29.0 Å². The number of aryl methyl sites for hydroxylation is 2. The van der Waals surface area contributed by atoms with E-state index in [2.05, 4.69) is 95.4 Å². The second-order valence-electron chi connectivity index (χ2n) is 17.7. The molecule has 12 nitrogen and oxygen atoms in total. The van der Waals surface area contributed by atoms with Gasteiger partial charge in [0.25, 0.3) is 5.82 Å². The Morgan fingerprint density at radius 3 is 2.27 bits per heavy atom. The van der Waals surface area contributed by atoms with Crippen molar-refractivity contribution in [3.63, 3.8) is 0 Å². The van der Waals surface area contributed by atoms with Gasteiger partial charge >= 0.3 is 6.18 Å². The number of hydrogen-bond donors (Lipinski definition) is 1. The molecule has 2 aromatic carbocycles. The Hall–Kier alpha value is -5.11. The summed E-state index contributed by atoms with van der Waals surface area (Å²) >= 11 is 1.62. The topological polar surface area (TPSA) is 129 Å². The average Bonchev–Trinajstić information content (AvgIpc) is 4.08. The van der Waals surface area contributed by atoms with E-state index in [1.807, 2.05) is 17.3 Å². The maximum absolute atomic E-state index is 14.0. The summed E-state index contributed by atoms with van der Waals surface area (Å²) < 4.78 is 41.1. The van der Waals surface area contributed by atoms with Gasteiger partial charge in [0.2, 0.25) is 11.8 Å². The number of benzene rings is 2. The Balaban J connectivity index is 0.732. The highest BCUT2D eigenvalue weighted by molar-refractivity contribution is 7.13. The number of rotatable bonds is 8. The van der Waals surface area contributed by atoms with Crippen LogP contribution in [-0.2, 0) is 22.2 Å². The van der Waals surface area contributed by atoms with E-state index in [1.165, 1.54) is 5.56 Å². The number of carbonyl (C=O) groups excluding carboxylic acids is 2. The molecule has 0 bridgehead atoms. The van der Waals surface area contributed by atoms with Gasteiger partial charge in [0, 0.05) is 69.0 Å². The van der Waals surface area contributed by atoms with Gasteiger partial charge in [-0.2, -0.15) is 22.9 Å². The van der Waals surface area contributed by atoms with E-state index in [0.29, 0.717) is 43.0 Å². The molecule has 4 fully saturated rings. The number of piperidine rings is 3. The standard InChI is InChI=1S/C47H55F3N10O2S/c1-31-44(63-30-52-31)37-12-10-36(11-13-37)40(59-22-2-3-39(59)45(51)62)29-43(61)58-27-20-38(21-28-58)56-23-16-33(17-24-56)5-4-32-6-8-34(9-7-32)35-18-25-57(26-19-35)42-15-14-41-53-54-46(47(48,49)50)60(41)55-42/h6-13,30,33,35,38-40H,2-3,14-29H2,1H3,(H2,51,62)/t39?,40-/m0/s1. The third-order valence-electron chi connectivity index (χ3n) is 14.0. The van der Waals surface area contributed by atoms with E-state index in [1.54, 1.807) is 11.3 Å². The molecule has 1 unspecified atom stereocenters. The number of halogens is 3. The summed E-state index contributed by atoms with van der Waals surface area (Å²) in [5, 5.41) is 11.3. The lowest BCUT2D eigenvalue weighted by Gasteiger charge is -2.41. The average molecular weight is 881 g/mol. The molecular weight excluding hydrogens is 826 g/mol. The van der Waals surface area contributed by atoms with Gasteiger partial charge < -0.3 is 20.4 Å². The number of carbonyl (C=O) groups is 2. The van der Waals surface area contributed by atoms with Gasteiger partial charge in [-0.15, -0.1) is 21.5 Å². The van der Waals surface area contributed by atoms with Gasteiger partial charge in [-0.3, -0.25) is 14.5 Å². The monoisotopic (exact) mass is 880 g/mol. The first kappa shape index (κ1) is 43.2. The second kappa shape index (κ2) is 18.5. The van der Waals surface area contributed by atoms with Crippen LogP contribution in [0.1, 0.15) is 110 Å². The first-order valence-corrected chi connectivity index (χ1v) is 23.4. The molecule has 16 heteroatoms. The number of nitrogens with zero attached hydrogens (tertiary/aromatic N) is 9. The number of primary amides is 1. The summed E-state index contributed by atoms with van der Waals surface area (Å²) in [6.45, 7) is 7.72. The third kappa shape index (κ3) is 9.56. The first-order chi connectivity index (χ1) is 30.5. The van der Waals surface area contributed by atoms with Crippen LogP contribution in [0.25, 0.3) is 10.4 Å². The van der Waals surface area contributed by atoms with Crippen molar-refractivity contribution in [1.29, 1.82) is 0 Å². The fourth-order valence-electron chi connectivity index (χ4n) is 10.4. The molecule has 7 heterocycles. The Labute approximate surface area is 370 Å². The molecule has 0 radical (unpaired) electrons. The van der Waals surface area contributed by atoms with Gasteiger partial charge in [-0.1, -0.05) is 48.2 Å². The number of amides is 2. The van der Waals surface area contributed by atoms with E-state index in [9.17, 15) is 22.8 Å². The van der Waals surface area contributed by atoms with Crippen LogP contribution in [0.3, 0.4) is 0 Å². The largest absolute Gasteiger partial charge is 0.453 e. The van der Waals surface area contributed by atoms with Crippen LogP contribution in [0.15, 0.2) is 59.1 Å². The van der Waals surface area contributed by atoms with Crippen LogP contribution >= 0.6 is 11.3 Å². The predicted octanol–water partition coefficient (Wildman–Crippen LogP) is 6.85. The Kier molecular flexibility index (Phi) is 12.7. The van der Waals surface area contributed by atoms with Crippen molar-refractivity contribution in [1.82, 2.24) is 39.5 Å². The van der Waals surface area contributed by atoms with E-state index in [-0.39, 0.29) is 29.7 Å². The van der Waals surface area contributed by atoms with Crippen molar-refractivity contribution < 1.29 is 22.8 Å².